The lowest BCUT2D eigenvalue weighted by molar-refractivity contribution is -0.130. The van der Waals surface area contributed by atoms with E-state index in [4.69, 9.17) is 21.6 Å². The number of halogens is 1. The number of thiophene rings is 1. The number of carbonyl (C=O) groups is 1. The van der Waals surface area contributed by atoms with Gasteiger partial charge in [-0.1, -0.05) is 29.8 Å². The number of rotatable bonds is 6. The van der Waals surface area contributed by atoms with Gasteiger partial charge in [0.05, 0.1) is 12.5 Å². The lowest BCUT2D eigenvalue weighted by atomic mass is 10.1. The molecule has 0 aliphatic carbocycles. The molecule has 0 radical (unpaired) electrons. The standard InChI is InChI=1S/C21H21ClN2O2S/c22-19-5-2-1-4-18(19)20-8-6-17(27-20)7-9-21(25)24(13-3-12-23)16-10-14-26-15-11-16/h1-2,4-9,16H,3,10-11,13-15H2/b9-7+. The van der Waals surface area contributed by atoms with Crippen molar-refractivity contribution in [3.05, 3.63) is 52.4 Å². The zero-order valence-corrected chi connectivity index (χ0v) is 16.5. The molecule has 1 aromatic heterocycles. The molecule has 4 nitrogen and oxygen atoms in total. The molecule has 1 aliphatic rings. The zero-order valence-electron chi connectivity index (χ0n) is 14.9. The van der Waals surface area contributed by atoms with E-state index in [0.29, 0.717) is 31.2 Å². The summed E-state index contributed by atoms with van der Waals surface area (Å²) in [5, 5.41) is 9.61. The SMILES string of the molecule is N#CCCN(C(=O)/C=C/c1ccc(-c2ccccc2Cl)s1)C1CCOCC1. The van der Waals surface area contributed by atoms with E-state index in [0.717, 1.165) is 28.2 Å². The Bertz CT molecular complexity index is 850. The van der Waals surface area contributed by atoms with Crippen LogP contribution in [0.4, 0.5) is 0 Å². The molecule has 1 aromatic carbocycles. The highest BCUT2D eigenvalue weighted by Gasteiger charge is 2.24. The van der Waals surface area contributed by atoms with Gasteiger partial charge in [-0.3, -0.25) is 4.79 Å². The molecular formula is C21H21ClN2O2S. The summed E-state index contributed by atoms with van der Waals surface area (Å²) < 4.78 is 5.39. The molecule has 2 heterocycles. The monoisotopic (exact) mass is 400 g/mol. The second-order valence-electron chi connectivity index (χ2n) is 6.30. The van der Waals surface area contributed by atoms with Gasteiger partial charge in [-0.25, -0.2) is 0 Å². The van der Waals surface area contributed by atoms with E-state index in [1.807, 2.05) is 47.4 Å². The lowest BCUT2D eigenvalue weighted by Gasteiger charge is -2.33. The van der Waals surface area contributed by atoms with Gasteiger partial charge < -0.3 is 9.64 Å². The molecule has 0 bridgehead atoms. The van der Waals surface area contributed by atoms with Crippen molar-refractivity contribution >= 4 is 34.9 Å². The van der Waals surface area contributed by atoms with Crippen LogP contribution in [0, 0.1) is 11.3 Å². The van der Waals surface area contributed by atoms with E-state index in [9.17, 15) is 4.79 Å². The minimum Gasteiger partial charge on any atom is -0.381 e. The van der Waals surface area contributed by atoms with Crippen LogP contribution in [0.2, 0.25) is 5.02 Å². The maximum absolute atomic E-state index is 12.7. The normalized spacial score (nSPS) is 15.0. The first-order valence-electron chi connectivity index (χ1n) is 8.97. The first kappa shape index (κ1) is 19.6. The Labute approximate surface area is 168 Å². The zero-order chi connectivity index (χ0) is 19.1. The fourth-order valence-electron chi connectivity index (χ4n) is 3.14. The third-order valence-electron chi connectivity index (χ3n) is 4.54. The largest absolute Gasteiger partial charge is 0.381 e. The molecule has 0 N–H and O–H groups in total. The molecule has 1 amide bonds. The van der Waals surface area contributed by atoms with E-state index >= 15 is 0 Å². The van der Waals surface area contributed by atoms with Crippen molar-refractivity contribution < 1.29 is 9.53 Å². The van der Waals surface area contributed by atoms with E-state index in [1.54, 1.807) is 17.4 Å². The van der Waals surface area contributed by atoms with Gasteiger partial charge in [0.2, 0.25) is 5.91 Å². The molecule has 27 heavy (non-hydrogen) atoms. The number of benzene rings is 1. The quantitative estimate of drug-likeness (QED) is 0.641. The minimum atomic E-state index is -0.0511. The summed E-state index contributed by atoms with van der Waals surface area (Å²) in [6, 6.07) is 14.0. The molecule has 3 rings (SSSR count). The van der Waals surface area contributed by atoms with Crippen LogP contribution in [-0.2, 0) is 9.53 Å². The number of nitrogens with zero attached hydrogens (tertiary/aromatic N) is 2. The topological polar surface area (TPSA) is 53.3 Å². The van der Waals surface area contributed by atoms with Gasteiger partial charge in [0, 0.05) is 52.2 Å². The van der Waals surface area contributed by atoms with Crippen molar-refractivity contribution in [3.63, 3.8) is 0 Å². The summed E-state index contributed by atoms with van der Waals surface area (Å²) in [4.78, 5) is 16.6. The van der Waals surface area contributed by atoms with Crippen LogP contribution in [0.1, 0.15) is 24.1 Å². The first-order valence-corrected chi connectivity index (χ1v) is 10.2. The Morgan fingerprint density at radius 1 is 1.30 bits per heavy atom. The highest BCUT2D eigenvalue weighted by atomic mass is 35.5. The highest BCUT2D eigenvalue weighted by molar-refractivity contribution is 7.16. The molecule has 0 atom stereocenters. The number of ether oxygens (including phenoxy) is 1. The predicted molar refractivity (Wildman–Crippen MR) is 110 cm³/mol. The van der Waals surface area contributed by atoms with Gasteiger partial charge in [0.25, 0.3) is 0 Å². The molecule has 0 unspecified atom stereocenters. The van der Waals surface area contributed by atoms with Crippen molar-refractivity contribution in [2.24, 2.45) is 0 Å². The van der Waals surface area contributed by atoms with Gasteiger partial charge in [-0.2, -0.15) is 5.26 Å². The first-order chi connectivity index (χ1) is 13.2. The average Bonchev–Trinajstić information content (AvgIpc) is 3.16. The van der Waals surface area contributed by atoms with Crippen molar-refractivity contribution in [1.29, 1.82) is 5.26 Å². The molecule has 1 saturated heterocycles. The van der Waals surface area contributed by atoms with Crippen LogP contribution < -0.4 is 0 Å². The van der Waals surface area contributed by atoms with E-state index in [2.05, 4.69) is 6.07 Å². The summed E-state index contributed by atoms with van der Waals surface area (Å²) in [7, 11) is 0. The average molecular weight is 401 g/mol. The maximum atomic E-state index is 12.7. The molecule has 6 heteroatoms. The smallest absolute Gasteiger partial charge is 0.246 e. The number of hydrogen-bond donors (Lipinski definition) is 0. The third kappa shape index (κ3) is 5.20. The van der Waals surface area contributed by atoms with E-state index in [1.165, 1.54) is 0 Å². The van der Waals surface area contributed by atoms with Crippen molar-refractivity contribution in [2.75, 3.05) is 19.8 Å². The Morgan fingerprint density at radius 3 is 2.81 bits per heavy atom. The maximum Gasteiger partial charge on any atom is 0.246 e. The second-order valence-corrected chi connectivity index (χ2v) is 7.82. The Balaban J connectivity index is 1.71. The fraction of sp³-hybridized carbons (Fsp3) is 0.333. The van der Waals surface area contributed by atoms with E-state index in [-0.39, 0.29) is 11.9 Å². The van der Waals surface area contributed by atoms with Gasteiger partial charge in [0.15, 0.2) is 0 Å². The van der Waals surface area contributed by atoms with Crippen LogP contribution in [0.5, 0.6) is 0 Å². The van der Waals surface area contributed by atoms with Gasteiger partial charge in [0.1, 0.15) is 0 Å². The van der Waals surface area contributed by atoms with Crippen LogP contribution in [0.15, 0.2) is 42.5 Å². The molecule has 0 spiro atoms. The molecule has 140 valence electrons. The molecule has 2 aromatic rings. The molecule has 1 aliphatic heterocycles. The van der Waals surface area contributed by atoms with E-state index < -0.39 is 0 Å². The van der Waals surface area contributed by atoms with Crippen molar-refractivity contribution in [3.8, 4) is 16.5 Å². The number of hydrogen-bond acceptors (Lipinski definition) is 4. The summed E-state index contributed by atoms with van der Waals surface area (Å²) in [6.07, 6.45) is 5.43. The minimum absolute atomic E-state index is 0.0511. The predicted octanol–water partition coefficient (Wildman–Crippen LogP) is 5.00. The summed E-state index contributed by atoms with van der Waals surface area (Å²) in [5.41, 5.74) is 0.994. The molecular weight excluding hydrogens is 380 g/mol. The van der Waals surface area contributed by atoms with Crippen molar-refractivity contribution in [2.45, 2.75) is 25.3 Å². The molecule has 0 saturated carbocycles. The summed E-state index contributed by atoms with van der Waals surface area (Å²) in [5.74, 6) is -0.0511. The van der Waals surface area contributed by atoms with Gasteiger partial charge >= 0.3 is 0 Å². The Morgan fingerprint density at radius 2 is 2.07 bits per heavy atom. The van der Waals surface area contributed by atoms with Gasteiger partial charge in [-0.05, 0) is 37.1 Å². The highest BCUT2D eigenvalue weighted by Crippen LogP contribution is 2.33. The second kappa shape index (κ2) is 9.70. The Kier molecular flexibility index (Phi) is 7.05. The van der Waals surface area contributed by atoms with Crippen LogP contribution >= 0.6 is 22.9 Å². The van der Waals surface area contributed by atoms with Crippen LogP contribution in [0.3, 0.4) is 0 Å². The van der Waals surface area contributed by atoms with Crippen molar-refractivity contribution in [1.82, 2.24) is 4.90 Å². The number of nitriles is 1. The third-order valence-corrected chi connectivity index (χ3v) is 5.95. The fourth-order valence-corrected chi connectivity index (χ4v) is 4.38. The number of carbonyl (C=O) groups excluding carboxylic acids is 1. The lowest BCUT2D eigenvalue weighted by Crippen LogP contribution is -2.43. The van der Waals surface area contributed by atoms with Crippen LogP contribution in [-0.4, -0.2) is 36.6 Å². The molecule has 1 fully saturated rings. The van der Waals surface area contributed by atoms with Gasteiger partial charge in [-0.15, -0.1) is 11.3 Å². The summed E-state index contributed by atoms with van der Waals surface area (Å²) >= 11 is 7.86. The van der Waals surface area contributed by atoms with Crippen LogP contribution in [0.25, 0.3) is 16.5 Å². The Hall–Kier alpha value is -2.13. The summed E-state index contributed by atoms with van der Waals surface area (Å²) in [6.45, 7) is 1.79. The number of amides is 1.